The van der Waals surface area contributed by atoms with Gasteiger partial charge in [0.2, 0.25) is 0 Å². The number of nitrogens with one attached hydrogen (secondary N) is 1. The van der Waals surface area contributed by atoms with E-state index in [-0.39, 0.29) is 18.3 Å². The molecule has 1 aromatic carbocycles. The third-order valence-corrected chi connectivity index (χ3v) is 5.86. The summed E-state index contributed by atoms with van der Waals surface area (Å²) in [5.74, 6) is 0. The predicted molar refractivity (Wildman–Crippen MR) is 109 cm³/mol. The summed E-state index contributed by atoms with van der Waals surface area (Å²) in [7, 11) is 0. The van der Waals surface area contributed by atoms with Crippen LogP contribution in [-0.2, 0) is 4.74 Å². The minimum Gasteiger partial charge on any atom is -0.393 e. The zero-order chi connectivity index (χ0) is 19.5. The number of aliphatic hydroxyl groups excluding tert-OH is 1. The van der Waals surface area contributed by atoms with Gasteiger partial charge in [-0.2, -0.15) is 5.26 Å². The molecule has 1 saturated heterocycles. The van der Waals surface area contributed by atoms with Crippen molar-refractivity contribution in [3.63, 3.8) is 0 Å². The van der Waals surface area contributed by atoms with Crippen molar-refractivity contribution in [3.05, 3.63) is 36.0 Å². The highest BCUT2D eigenvalue weighted by Crippen LogP contribution is 2.30. The Morgan fingerprint density at radius 2 is 2.07 bits per heavy atom. The van der Waals surface area contributed by atoms with Gasteiger partial charge in [-0.05, 0) is 56.9 Å². The number of aliphatic hydroxyl groups is 1. The number of rotatable bonds is 4. The Hall–Kier alpha value is -2.20. The van der Waals surface area contributed by atoms with Gasteiger partial charge in [-0.25, -0.2) is 0 Å². The summed E-state index contributed by atoms with van der Waals surface area (Å²) in [6.45, 7) is 4.55. The Morgan fingerprint density at radius 1 is 1.25 bits per heavy atom. The molecule has 0 spiro atoms. The molecule has 148 valence electrons. The first kappa shape index (κ1) is 19.1. The molecule has 6 nitrogen and oxygen atoms in total. The number of morpholine rings is 1. The molecule has 0 radical (unpaired) electrons. The van der Waals surface area contributed by atoms with Crippen LogP contribution in [0, 0.1) is 11.3 Å². The fourth-order valence-corrected chi connectivity index (χ4v) is 4.46. The number of anilines is 1. The van der Waals surface area contributed by atoms with Gasteiger partial charge in [-0.15, -0.1) is 0 Å². The van der Waals surface area contributed by atoms with Gasteiger partial charge in [0.15, 0.2) is 0 Å². The van der Waals surface area contributed by atoms with E-state index >= 15 is 0 Å². The summed E-state index contributed by atoms with van der Waals surface area (Å²) < 4.78 is 6.19. The van der Waals surface area contributed by atoms with Gasteiger partial charge in [0, 0.05) is 42.9 Å². The third kappa shape index (κ3) is 4.12. The number of hydrogen-bond acceptors (Lipinski definition) is 6. The van der Waals surface area contributed by atoms with Crippen LogP contribution in [0.2, 0.25) is 0 Å². The van der Waals surface area contributed by atoms with Crippen LogP contribution in [0.15, 0.2) is 30.5 Å². The standard InChI is InChI=1S/C22H28N4O2/c1-15-13-26(14-19(28-15)12-25-17-5-7-18(27)8-6-17)21-9-4-16(11-23)22-20(21)3-2-10-24-22/h2-4,9-10,15,17-19,25,27H,5-8,12-14H2,1H3/t15-,17?,18?,19-/m1/s1. The minimum atomic E-state index is -0.127. The van der Waals surface area contributed by atoms with E-state index in [2.05, 4.69) is 28.2 Å². The van der Waals surface area contributed by atoms with Crippen LogP contribution in [-0.4, -0.2) is 54.1 Å². The highest BCUT2D eigenvalue weighted by Gasteiger charge is 2.28. The molecule has 0 unspecified atom stereocenters. The maximum atomic E-state index is 9.68. The van der Waals surface area contributed by atoms with E-state index in [4.69, 9.17) is 4.74 Å². The van der Waals surface area contributed by atoms with E-state index < -0.39 is 0 Å². The molecule has 1 aromatic heterocycles. The van der Waals surface area contributed by atoms with Crippen molar-refractivity contribution in [2.45, 2.75) is 57.0 Å². The first-order valence-electron chi connectivity index (χ1n) is 10.2. The van der Waals surface area contributed by atoms with E-state index in [0.717, 1.165) is 61.9 Å². The second-order valence-corrected chi connectivity index (χ2v) is 8.03. The number of ether oxygens (including phenoxy) is 1. The topological polar surface area (TPSA) is 81.4 Å². The summed E-state index contributed by atoms with van der Waals surface area (Å²) in [5.41, 5.74) is 2.48. The van der Waals surface area contributed by atoms with Crippen LogP contribution in [0.4, 0.5) is 5.69 Å². The van der Waals surface area contributed by atoms with Crippen LogP contribution in [0.25, 0.3) is 10.9 Å². The number of hydrogen-bond donors (Lipinski definition) is 2. The molecule has 2 fully saturated rings. The van der Waals surface area contributed by atoms with Gasteiger partial charge in [0.05, 0.1) is 29.4 Å². The highest BCUT2D eigenvalue weighted by atomic mass is 16.5. The van der Waals surface area contributed by atoms with E-state index in [1.54, 1.807) is 6.20 Å². The lowest BCUT2D eigenvalue weighted by atomic mass is 9.93. The Morgan fingerprint density at radius 3 is 2.86 bits per heavy atom. The molecule has 0 bridgehead atoms. The van der Waals surface area contributed by atoms with E-state index in [9.17, 15) is 10.4 Å². The van der Waals surface area contributed by atoms with Crippen molar-refractivity contribution in [1.29, 1.82) is 5.26 Å². The lowest BCUT2D eigenvalue weighted by Crippen LogP contribution is -2.51. The van der Waals surface area contributed by atoms with Crippen molar-refractivity contribution in [3.8, 4) is 6.07 Å². The maximum Gasteiger partial charge on any atom is 0.101 e. The summed E-state index contributed by atoms with van der Waals surface area (Å²) in [4.78, 5) is 6.79. The molecule has 2 aliphatic rings. The number of nitriles is 1. The molecule has 4 rings (SSSR count). The number of fused-ring (bicyclic) bond motifs is 1. The van der Waals surface area contributed by atoms with Crippen molar-refractivity contribution >= 4 is 16.6 Å². The average molecular weight is 380 g/mol. The molecular formula is C22H28N4O2. The molecule has 28 heavy (non-hydrogen) atoms. The normalized spacial score (nSPS) is 28.2. The average Bonchev–Trinajstić information content (AvgIpc) is 2.72. The Kier molecular flexibility index (Phi) is 5.77. The number of benzene rings is 1. The Balaban J connectivity index is 1.48. The zero-order valence-corrected chi connectivity index (χ0v) is 16.3. The highest BCUT2D eigenvalue weighted by molar-refractivity contribution is 5.95. The maximum absolute atomic E-state index is 9.68. The second kappa shape index (κ2) is 8.44. The first-order chi connectivity index (χ1) is 13.6. The molecule has 2 atom stereocenters. The summed E-state index contributed by atoms with van der Waals surface area (Å²) in [6, 6.07) is 10.6. The fourth-order valence-electron chi connectivity index (χ4n) is 4.46. The summed E-state index contributed by atoms with van der Waals surface area (Å²) >= 11 is 0. The molecule has 1 aliphatic heterocycles. The largest absolute Gasteiger partial charge is 0.393 e. The number of pyridine rings is 1. The molecule has 2 heterocycles. The quantitative estimate of drug-likeness (QED) is 0.849. The Bertz CT molecular complexity index is 857. The lowest BCUT2D eigenvalue weighted by molar-refractivity contribution is -0.0169. The summed E-state index contributed by atoms with van der Waals surface area (Å²) in [6.07, 6.45) is 5.68. The van der Waals surface area contributed by atoms with Gasteiger partial charge in [0.25, 0.3) is 0 Å². The molecule has 2 aromatic rings. The molecule has 6 heteroatoms. The van der Waals surface area contributed by atoms with E-state index in [1.807, 2.05) is 24.3 Å². The van der Waals surface area contributed by atoms with Crippen molar-refractivity contribution < 1.29 is 9.84 Å². The van der Waals surface area contributed by atoms with Gasteiger partial charge in [-0.1, -0.05) is 0 Å². The number of nitrogens with zero attached hydrogens (tertiary/aromatic N) is 3. The van der Waals surface area contributed by atoms with Crippen LogP contribution in [0.1, 0.15) is 38.2 Å². The van der Waals surface area contributed by atoms with Gasteiger partial charge < -0.3 is 20.1 Å². The smallest absolute Gasteiger partial charge is 0.101 e. The molecule has 1 saturated carbocycles. The fraction of sp³-hybridized carbons (Fsp3) is 0.545. The molecule has 0 amide bonds. The zero-order valence-electron chi connectivity index (χ0n) is 16.3. The van der Waals surface area contributed by atoms with Gasteiger partial charge >= 0.3 is 0 Å². The van der Waals surface area contributed by atoms with Crippen LogP contribution in [0.3, 0.4) is 0 Å². The molecule has 1 aliphatic carbocycles. The number of aromatic nitrogens is 1. The van der Waals surface area contributed by atoms with E-state index in [1.165, 1.54) is 0 Å². The molecular weight excluding hydrogens is 352 g/mol. The van der Waals surface area contributed by atoms with Crippen molar-refractivity contribution in [2.75, 3.05) is 24.5 Å². The third-order valence-electron chi connectivity index (χ3n) is 5.86. The van der Waals surface area contributed by atoms with Crippen LogP contribution >= 0.6 is 0 Å². The van der Waals surface area contributed by atoms with Crippen molar-refractivity contribution in [1.82, 2.24) is 10.3 Å². The van der Waals surface area contributed by atoms with Gasteiger partial charge in [-0.3, -0.25) is 4.98 Å². The van der Waals surface area contributed by atoms with Crippen LogP contribution in [0.5, 0.6) is 0 Å². The predicted octanol–water partition coefficient (Wildman–Crippen LogP) is 2.59. The van der Waals surface area contributed by atoms with Gasteiger partial charge in [0.1, 0.15) is 6.07 Å². The molecule has 2 N–H and O–H groups in total. The minimum absolute atomic E-state index is 0.109. The van der Waals surface area contributed by atoms with Crippen LogP contribution < -0.4 is 10.2 Å². The van der Waals surface area contributed by atoms with Crippen molar-refractivity contribution in [2.24, 2.45) is 0 Å². The summed E-state index contributed by atoms with van der Waals surface area (Å²) in [5, 5.41) is 23.7. The Labute approximate surface area is 166 Å². The van der Waals surface area contributed by atoms with E-state index in [0.29, 0.717) is 11.6 Å². The lowest BCUT2D eigenvalue weighted by Gasteiger charge is -2.39. The SMILES string of the molecule is C[C@@H]1CN(c2ccc(C#N)c3ncccc23)C[C@@H](CNC2CCC(O)CC2)O1. The first-order valence-corrected chi connectivity index (χ1v) is 10.2. The second-order valence-electron chi connectivity index (χ2n) is 8.03. The monoisotopic (exact) mass is 380 g/mol.